The van der Waals surface area contributed by atoms with Gasteiger partial charge in [0.2, 0.25) is 0 Å². The molecule has 1 atom stereocenters. The minimum atomic E-state index is -0.227. The molecule has 1 unspecified atom stereocenters. The summed E-state index contributed by atoms with van der Waals surface area (Å²) < 4.78 is 12.4. The van der Waals surface area contributed by atoms with E-state index in [1.54, 1.807) is 0 Å². The topological polar surface area (TPSA) is 72.5 Å². The van der Waals surface area contributed by atoms with Crippen LogP contribution in [-0.2, 0) is 11.2 Å². The number of rotatable bonds is 2. The number of hydrogen-bond donors (Lipinski definition) is 2. The van der Waals surface area contributed by atoms with Crippen LogP contribution in [0, 0.1) is 0 Å². The molecule has 2 aliphatic rings. The summed E-state index contributed by atoms with van der Waals surface area (Å²) in [6.45, 7) is 5.40. The number of aromatic nitrogens is 1. The van der Waals surface area contributed by atoms with Crippen LogP contribution in [0.25, 0.3) is 10.2 Å². The zero-order chi connectivity index (χ0) is 16.7. The molecule has 7 heteroatoms. The van der Waals surface area contributed by atoms with Crippen molar-refractivity contribution in [1.82, 2.24) is 10.3 Å². The number of nitrogens with zero attached hydrogens (tertiary/aromatic N) is 1. The summed E-state index contributed by atoms with van der Waals surface area (Å²) in [5.41, 5.74) is 1.98. The van der Waals surface area contributed by atoms with E-state index >= 15 is 0 Å². The smallest absolute Gasteiger partial charge is 0.321 e. The molecule has 24 heavy (non-hydrogen) atoms. The standard InChI is InChI=1S/C17H21N3O3S/c1-17(2)7-5-10(9-23-17)18-15(21)20-16-19-14-11-6-8-22-12(11)3-4-13(14)24-16/h3-4,10H,5-9H2,1-2H3,(H2,18,19,20,21). The Morgan fingerprint density at radius 3 is 3.08 bits per heavy atom. The largest absolute Gasteiger partial charge is 0.493 e. The fourth-order valence-corrected chi connectivity index (χ4v) is 4.05. The Labute approximate surface area is 144 Å². The number of urea groups is 1. The van der Waals surface area contributed by atoms with E-state index in [1.807, 2.05) is 12.1 Å². The van der Waals surface area contributed by atoms with Crippen LogP contribution < -0.4 is 15.4 Å². The molecule has 6 nitrogen and oxygen atoms in total. The second kappa shape index (κ2) is 5.89. The number of carbonyl (C=O) groups is 1. The third-order valence-electron chi connectivity index (χ3n) is 4.56. The van der Waals surface area contributed by atoms with Gasteiger partial charge in [-0.25, -0.2) is 9.78 Å². The van der Waals surface area contributed by atoms with Crippen molar-refractivity contribution in [2.24, 2.45) is 0 Å². The Morgan fingerprint density at radius 2 is 2.29 bits per heavy atom. The lowest BCUT2D eigenvalue weighted by atomic mass is 9.96. The van der Waals surface area contributed by atoms with Gasteiger partial charge in [0.25, 0.3) is 0 Å². The van der Waals surface area contributed by atoms with Crippen molar-refractivity contribution < 1.29 is 14.3 Å². The fraction of sp³-hybridized carbons (Fsp3) is 0.529. The maximum absolute atomic E-state index is 12.2. The van der Waals surface area contributed by atoms with E-state index in [4.69, 9.17) is 9.47 Å². The van der Waals surface area contributed by atoms with Crippen molar-refractivity contribution in [3.05, 3.63) is 17.7 Å². The third-order valence-corrected chi connectivity index (χ3v) is 5.49. The van der Waals surface area contributed by atoms with Gasteiger partial charge < -0.3 is 14.8 Å². The van der Waals surface area contributed by atoms with Crippen LogP contribution in [0.2, 0.25) is 0 Å². The van der Waals surface area contributed by atoms with Gasteiger partial charge in [-0.05, 0) is 38.8 Å². The van der Waals surface area contributed by atoms with Crippen LogP contribution >= 0.6 is 11.3 Å². The van der Waals surface area contributed by atoms with Gasteiger partial charge in [0.1, 0.15) is 5.75 Å². The van der Waals surface area contributed by atoms with E-state index in [2.05, 4.69) is 29.5 Å². The second-order valence-corrected chi connectivity index (χ2v) is 7.94. The molecule has 1 aromatic carbocycles. The lowest BCUT2D eigenvalue weighted by molar-refractivity contribution is -0.0632. The van der Waals surface area contributed by atoms with E-state index in [0.717, 1.165) is 40.8 Å². The summed E-state index contributed by atoms with van der Waals surface area (Å²) in [6, 6.07) is 3.80. The molecule has 3 heterocycles. The molecule has 1 fully saturated rings. The zero-order valence-corrected chi connectivity index (χ0v) is 14.7. The van der Waals surface area contributed by atoms with E-state index in [9.17, 15) is 4.79 Å². The van der Waals surface area contributed by atoms with Crippen molar-refractivity contribution in [3.63, 3.8) is 0 Å². The molecule has 2 amide bonds. The van der Waals surface area contributed by atoms with E-state index in [0.29, 0.717) is 18.3 Å². The molecule has 1 saturated heterocycles. The minimum absolute atomic E-state index is 0.0463. The Kier molecular flexibility index (Phi) is 3.85. The predicted octanol–water partition coefficient (Wildman–Crippen LogP) is 3.31. The van der Waals surface area contributed by atoms with Gasteiger partial charge in [-0.15, -0.1) is 0 Å². The molecule has 0 saturated carbocycles. The molecular formula is C17H21N3O3S. The van der Waals surface area contributed by atoms with Crippen LogP contribution in [-0.4, -0.2) is 35.9 Å². The van der Waals surface area contributed by atoms with Crippen LogP contribution in [0.4, 0.5) is 9.93 Å². The van der Waals surface area contributed by atoms with Gasteiger partial charge in [0, 0.05) is 12.0 Å². The van der Waals surface area contributed by atoms with Crippen LogP contribution in [0.15, 0.2) is 12.1 Å². The molecule has 2 N–H and O–H groups in total. The minimum Gasteiger partial charge on any atom is -0.493 e. The van der Waals surface area contributed by atoms with E-state index < -0.39 is 0 Å². The van der Waals surface area contributed by atoms with E-state index in [1.165, 1.54) is 11.3 Å². The number of hydrogen-bond acceptors (Lipinski definition) is 5. The quantitative estimate of drug-likeness (QED) is 0.874. The predicted molar refractivity (Wildman–Crippen MR) is 94.0 cm³/mol. The highest BCUT2D eigenvalue weighted by molar-refractivity contribution is 7.22. The van der Waals surface area contributed by atoms with Gasteiger partial charge in [0.15, 0.2) is 5.13 Å². The highest BCUT2D eigenvalue weighted by Crippen LogP contribution is 2.36. The zero-order valence-electron chi connectivity index (χ0n) is 13.8. The van der Waals surface area contributed by atoms with Gasteiger partial charge in [-0.1, -0.05) is 11.3 Å². The van der Waals surface area contributed by atoms with Gasteiger partial charge in [0.05, 0.1) is 35.1 Å². The molecule has 2 aliphatic heterocycles. The summed E-state index contributed by atoms with van der Waals surface area (Å²) in [4.78, 5) is 16.8. The second-order valence-electron chi connectivity index (χ2n) is 6.91. The monoisotopic (exact) mass is 347 g/mol. The number of anilines is 1. The summed E-state index contributed by atoms with van der Waals surface area (Å²) in [7, 11) is 0. The number of fused-ring (bicyclic) bond motifs is 3. The number of nitrogens with one attached hydrogen (secondary N) is 2. The van der Waals surface area contributed by atoms with Gasteiger partial charge >= 0.3 is 6.03 Å². The molecule has 0 bridgehead atoms. The summed E-state index contributed by atoms with van der Waals surface area (Å²) in [5, 5.41) is 6.43. The Morgan fingerprint density at radius 1 is 1.42 bits per heavy atom. The number of carbonyl (C=O) groups excluding carboxylic acids is 1. The van der Waals surface area contributed by atoms with Crippen LogP contribution in [0.1, 0.15) is 32.3 Å². The Bertz CT molecular complexity index is 777. The molecule has 4 rings (SSSR count). The number of amides is 2. The molecular weight excluding hydrogens is 326 g/mol. The molecule has 128 valence electrons. The summed E-state index contributed by atoms with van der Waals surface area (Å²) in [6.07, 6.45) is 2.73. The average molecular weight is 347 g/mol. The Hall–Kier alpha value is -1.86. The average Bonchev–Trinajstić information content (AvgIpc) is 3.14. The number of thiazole rings is 1. The fourth-order valence-electron chi connectivity index (χ4n) is 3.16. The normalized spacial score (nSPS) is 22.0. The molecule has 1 aromatic heterocycles. The SMILES string of the molecule is CC1(C)CCC(NC(=O)Nc2nc3c4c(ccc3s2)OCC4)CO1. The van der Waals surface area contributed by atoms with Gasteiger partial charge in [-0.2, -0.15) is 0 Å². The van der Waals surface area contributed by atoms with Gasteiger partial charge in [-0.3, -0.25) is 5.32 Å². The lowest BCUT2D eigenvalue weighted by Crippen LogP contribution is -2.47. The molecule has 2 aromatic rings. The van der Waals surface area contributed by atoms with Crippen LogP contribution in [0.5, 0.6) is 5.75 Å². The first-order valence-electron chi connectivity index (χ1n) is 8.27. The van der Waals surface area contributed by atoms with Crippen molar-refractivity contribution in [1.29, 1.82) is 0 Å². The van der Waals surface area contributed by atoms with Crippen LogP contribution in [0.3, 0.4) is 0 Å². The number of benzene rings is 1. The Balaban J connectivity index is 1.42. The van der Waals surface area contributed by atoms with Crippen molar-refractivity contribution >= 4 is 32.7 Å². The van der Waals surface area contributed by atoms with E-state index in [-0.39, 0.29) is 17.7 Å². The number of ether oxygens (including phenoxy) is 2. The lowest BCUT2D eigenvalue weighted by Gasteiger charge is -2.34. The van der Waals surface area contributed by atoms with Crippen molar-refractivity contribution in [2.75, 3.05) is 18.5 Å². The molecule has 0 spiro atoms. The van der Waals surface area contributed by atoms with Crippen molar-refractivity contribution in [3.8, 4) is 5.75 Å². The first-order valence-corrected chi connectivity index (χ1v) is 9.08. The first kappa shape index (κ1) is 15.7. The van der Waals surface area contributed by atoms with Crippen molar-refractivity contribution in [2.45, 2.75) is 44.8 Å². The maximum atomic E-state index is 12.2. The highest BCUT2D eigenvalue weighted by Gasteiger charge is 2.28. The molecule has 0 aliphatic carbocycles. The summed E-state index contributed by atoms with van der Waals surface area (Å²) in [5.74, 6) is 0.908. The third kappa shape index (κ3) is 3.06. The summed E-state index contributed by atoms with van der Waals surface area (Å²) >= 11 is 1.48. The first-order chi connectivity index (χ1) is 11.5. The molecule has 0 radical (unpaired) electrons. The highest BCUT2D eigenvalue weighted by atomic mass is 32.1. The maximum Gasteiger partial charge on any atom is 0.321 e.